The van der Waals surface area contributed by atoms with E-state index in [4.69, 9.17) is 22.9 Å². The first kappa shape index (κ1) is 68.7. The molecule has 21 rings (SSSR count). The molecule has 0 unspecified atom stereocenters. The van der Waals surface area contributed by atoms with Gasteiger partial charge in [0.15, 0.2) is 0 Å². The van der Waals surface area contributed by atoms with Gasteiger partial charge in [0.2, 0.25) is 0 Å². The number of hydrogen-bond donors (Lipinski definition) is 2. The van der Waals surface area contributed by atoms with Crippen molar-refractivity contribution in [2.45, 2.75) is 0 Å². The largest absolute Gasteiger partial charge is 2.00 e. The Labute approximate surface area is 675 Å². The quantitative estimate of drug-likeness (QED) is 0.120. The molecule has 2 N–H and O–H groups in total. The van der Waals surface area contributed by atoms with Crippen LogP contribution < -0.4 is 31.2 Å². The predicted molar refractivity (Wildman–Crippen MR) is 470 cm³/mol. The zero-order chi connectivity index (χ0) is 72.0. The van der Waals surface area contributed by atoms with Crippen LogP contribution >= 0.6 is 22.9 Å². The van der Waals surface area contributed by atoms with Crippen LogP contribution in [0.3, 0.4) is 0 Å². The Kier molecular flexibility index (Phi) is 18.8. The summed E-state index contributed by atoms with van der Waals surface area (Å²) in [6.07, 6.45) is 0. The van der Waals surface area contributed by atoms with Crippen LogP contribution in [0.2, 0.25) is 0 Å². The van der Waals surface area contributed by atoms with E-state index in [1.54, 1.807) is 0 Å². The zero-order valence-corrected chi connectivity index (χ0v) is 63.1. The maximum absolute atomic E-state index is 5.57. The van der Waals surface area contributed by atoms with E-state index in [-0.39, 0.29) is 47.6 Å². The summed E-state index contributed by atoms with van der Waals surface area (Å²) in [4.78, 5) is 5.04. The van der Waals surface area contributed by atoms with E-state index in [1.165, 1.54) is 92.7 Å². The molecule has 0 saturated carbocycles. The van der Waals surface area contributed by atoms with Crippen molar-refractivity contribution in [3.05, 3.63) is 400 Å². The second-order valence-corrected chi connectivity index (χ2v) is 28.2. The van der Waals surface area contributed by atoms with Gasteiger partial charge in [0.25, 0.3) is 0 Å². The van der Waals surface area contributed by atoms with Gasteiger partial charge in [-0.15, -0.1) is 0 Å². The molecule has 0 aliphatic carbocycles. The van der Waals surface area contributed by atoms with Crippen LogP contribution in [0.1, 0.15) is 2.85 Å². The standard InChI is InChI=1S/C48H33BN4.C42H30N4.C6H5BCl2.Ca.2H/c1-4-18-34(19-5-1)49-52(35-20-6-2-7-21-35)47-32-45(50-41-28-14-10-24-37(41)38-25-11-15-29-42(38)50)46(33-48(47)53(49)36-22-8-3-9-23-36)51-43-30-16-12-26-39(43)40-27-13-17-31-44(40)51;1-3-15-29(16-4-1)43-35-27-41(45-37-23-11-7-19-31(37)32-20-8-12-24-38(32)45)42(28-36(35)44-30-17-5-2-6-18-30)46-39-25-13-9-21-33(39)34-22-10-14-26-40(34)46;8-7(9)6-4-2-1-3-5-6;;;/h1-33H;1-28,43-44H;1-5H;;;/q;;;+2;2*-1. The van der Waals surface area contributed by atoms with Crippen LogP contribution in [0.5, 0.6) is 0 Å². The summed E-state index contributed by atoms with van der Waals surface area (Å²) in [5.74, 6) is 0. The second kappa shape index (κ2) is 29.9. The third kappa shape index (κ3) is 12.5. The number of anilines is 8. The Bertz CT molecular complexity index is 6130. The van der Waals surface area contributed by atoms with Crippen LogP contribution in [0.15, 0.2) is 400 Å². The first-order valence-corrected chi connectivity index (χ1v) is 37.4. The molecule has 13 heteroatoms. The van der Waals surface area contributed by atoms with E-state index in [2.05, 4.69) is 396 Å². The van der Waals surface area contributed by atoms with Gasteiger partial charge in [-0.25, -0.2) is 0 Å². The molecule has 0 radical (unpaired) electrons. The van der Waals surface area contributed by atoms with Crippen LogP contribution in [0.25, 0.3) is 110 Å². The number of benzene rings is 16. The normalized spacial score (nSPS) is 11.8. The minimum atomic E-state index is -0.397. The molecule has 0 amide bonds. The van der Waals surface area contributed by atoms with Crippen molar-refractivity contribution in [3.63, 3.8) is 0 Å². The molecule has 109 heavy (non-hydrogen) atoms. The van der Waals surface area contributed by atoms with Crippen molar-refractivity contribution in [3.8, 4) is 22.7 Å². The van der Waals surface area contributed by atoms with Crippen LogP contribution in [-0.4, -0.2) is 68.5 Å². The summed E-state index contributed by atoms with van der Waals surface area (Å²) in [6.45, 7) is -0.129. The minimum absolute atomic E-state index is 0. The van der Waals surface area contributed by atoms with Crippen molar-refractivity contribution < 1.29 is 2.85 Å². The van der Waals surface area contributed by atoms with Gasteiger partial charge >= 0.3 is 50.3 Å². The van der Waals surface area contributed by atoms with Crippen LogP contribution in [0, 0.1) is 0 Å². The van der Waals surface area contributed by atoms with E-state index in [0.717, 1.165) is 73.7 Å². The molecule has 5 heterocycles. The molecule has 20 aromatic rings. The molecule has 516 valence electrons. The van der Waals surface area contributed by atoms with E-state index in [1.807, 2.05) is 42.5 Å². The molecule has 0 fully saturated rings. The predicted octanol–water partition coefficient (Wildman–Crippen LogP) is 24.6. The fraction of sp³-hybridized carbons (Fsp3) is 0. The molecule has 0 saturated heterocycles. The average molecular weight is 1470 g/mol. The first-order valence-electron chi connectivity index (χ1n) is 36.5. The molecular formula is C96H70B2CaCl2N8. The first-order chi connectivity index (χ1) is 53.5. The van der Waals surface area contributed by atoms with E-state index >= 15 is 0 Å². The molecule has 0 spiro atoms. The number of halogens is 2. The zero-order valence-electron chi connectivity index (χ0n) is 61.4. The number of hydrogen-bond acceptors (Lipinski definition) is 4. The van der Waals surface area contributed by atoms with Crippen molar-refractivity contribution in [1.29, 1.82) is 0 Å². The maximum atomic E-state index is 5.57. The van der Waals surface area contributed by atoms with Crippen LogP contribution in [-0.2, 0) is 0 Å². The molecule has 16 aromatic carbocycles. The fourth-order valence-corrected chi connectivity index (χ4v) is 16.5. The summed E-state index contributed by atoms with van der Waals surface area (Å²) in [5, 5.41) is 17.4. The summed E-state index contributed by atoms with van der Waals surface area (Å²) in [6, 6.07) is 142. The van der Waals surface area contributed by atoms with Gasteiger partial charge in [-0.3, -0.25) is 0 Å². The molecule has 0 atom stereocenters. The van der Waals surface area contributed by atoms with Crippen molar-refractivity contribution in [2.75, 3.05) is 20.3 Å². The van der Waals surface area contributed by atoms with Gasteiger partial charge < -0.3 is 41.4 Å². The molecular weight excluding hydrogens is 1400 g/mol. The Hall–Kier alpha value is -12.1. The maximum Gasteiger partial charge on any atom is 2.00 e. The van der Waals surface area contributed by atoms with Crippen LogP contribution in [0.4, 0.5) is 45.5 Å². The average Bonchev–Trinajstić information content (AvgIpc) is 1.55. The van der Waals surface area contributed by atoms with E-state index in [0.29, 0.717) is 0 Å². The number of rotatable bonds is 12. The van der Waals surface area contributed by atoms with Crippen molar-refractivity contribution in [2.24, 2.45) is 0 Å². The van der Waals surface area contributed by atoms with Gasteiger partial charge in [0.1, 0.15) is 0 Å². The molecule has 8 nitrogen and oxygen atoms in total. The third-order valence-electron chi connectivity index (χ3n) is 20.8. The summed E-state index contributed by atoms with van der Waals surface area (Å²) < 4.78 is 9.81. The second-order valence-electron chi connectivity index (χ2n) is 27.1. The van der Waals surface area contributed by atoms with E-state index < -0.39 is 5.54 Å². The monoisotopic (exact) mass is 1470 g/mol. The number of nitrogens with one attached hydrogen (secondary N) is 2. The topological polar surface area (TPSA) is 50.3 Å². The number of nitrogens with zero attached hydrogens (tertiary/aromatic N) is 6. The van der Waals surface area contributed by atoms with Gasteiger partial charge in [-0.05, 0) is 132 Å². The minimum Gasteiger partial charge on any atom is -1.00 e. The molecule has 1 aliphatic rings. The van der Waals surface area contributed by atoms with Crippen molar-refractivity contribution >= 4 is 217 Å². The van der Waals surface area contributed by atoms with Gasteiger partial charge in [0, 0.05) is 65.8 Å². The third-order valence-corrected chi connectivity index (χ3v) is 21.3. The Morgan fingerprint density at radius 1 is 0.239 bits per heavy atom. The van der Waals surface area contributed by atoms with Gasteiger partial charge in [-0.2, -0.15) is 22.9 Å². The summed E-state index contributed by atoms with van der Waals surface area (Å²) >= 11 is 11.1. The van der Waals surface area contributed by atoms with Crippen molar-refractivity contribution in [1.82, 2.24) is 18.3 Å². The summed E-state index contributed by atoms with van der Waals surface area (Å²) in [7, 11) is 0. The fourth-order valence-electron chi connectivity index (χ4n) is 16.2. The number of fused-ring (bicyclic) bond motifs is 13. The summed E-state index contributed by atoms with van der Waals surface area (Å²) in [5.41, 5.74) is 24.1. The Morgan fingerprint density at radius 2 is 0.459 bits per heavy atom. The Morgan fingerprint density at radius 3 is 0.716 bits per heavy atom. The number of aromatic nitrogens is 4. The smallest absolute Gasteiger partial charge is 1.00 e. The SMILES string of the molecule is ClB(Cl)c1ccccc1.[Ca+2].[H-].[H-].c1ccc(B2N(c3ccccc3)c3cc(-n4c5ccccc5c5ccccc54)c(-n4c5ccccc5c5ccccc54)cc3N2c2ccccc2)cc1.c1ccc(Nc2cc(-n3c4ccccc4c4ccccc43)c(-n3c4ccccc4c4ccccc43)cc2Nc2ccccc2)cc1. The van der Waals surface area contributed by atoms with Gasteiger partial charge in [-0.1, -0.05) is 279 Å². The molecule has 0 bridgehead atoms. The van der Waals surface area contributed by atoms with E-state index in [9.17, 15) is 0 Å². The molecule has 1 aliphatic heterocycles. The Balaban J connectivity index is 0.000000149. The van der Waals surface area contributed by atoms with Gasteiger partial charge in [0.05, 0.1) is 89.6 Å². The number of para-hydroxylation sites is 12. The molecule has 4 aromatic heterocycles.